The van der Waals surface area contributed by atoms with Gasteiger partial charge in [0.25, 0.3) is 0 Å². The molecular formula is C18H26N2O2. The topological polar surface area (TPSA) is 49.4 Å². The molecule has 0 bridgehead atoms. The van der Waals surface area contributed by atoms with Gasteiger partial charge in [-0.25, -0.2) is 0 Å². The Morgan fingerprint density at radius 2 is 1.86 bits per heavy atom. The first-order valence-electron chi connectivity index (χ1n) is 8.14. The Morgan fingerprint density at radius 3 is 2.50 bits per heavy atom. The lowest BCUT2D eigenvalue weighted by Gasteiger charge is -2.30. The lowest BCUT2D eigenvalue weighted by molar-refractivity contribution is -0.135. The van der Waals surface area contributed by atoms with Crippen molar-refractivity contribution >= 4 is 17.5 Å². The molecule has 0 spiro atoms. The van der Waals surface area contributed by atoms with Crippen LogP contribution in [0.25, 0.3) is 0 Å². The second-order valence-electron chi connectivity index (χ2n) is 6.53. The van der Waals surface area contributed by atoms with Gasteiger partial charge in [-0.05, 0) is 36.3 Å². The predicted molar refractivity (Wildman–Crippen MR) is 88.8 cm³/mol. The fourth-order valence-electron chi connectivity index (χ4n) is 2.82. The number of piperidine rings is 1. The van der Waals surface area contributed by atoms with Gasteiger partial charge in [0.05, 0.1) is 0 Å². The third-order valence-electron chi connectivity index (χ3n) is 4.31. The van der Waals surface area contributed by atoms with Gasteiger partial charge in [0.1, 0.15) is 6.42 Å². The van der Waals surface area contributed by atoms with Crippen LogP contribution >= 0.6 is 0 Å². The standard InChI is InChI=1S/C18H26N2O2/c1-13(2)15-6-4-5-7-16(15)19-17(21)12-18(22)20-10-8-14(3)9-11-20/h4-7,13-14H,8-12H2,1-3H3,(H,19,21). The molecule has 1 aliphatic heterocycles. The van der Waals surface area contributed by atoms with E-state index in [0.717, 1.165) is 37.2 Å². The smallest absolute Gasteiger partial charge is 0.233 e. The summed E-state index contributed by atoms with van der Waals surface area (Å²) in [5, 5.41) is 2.88. The van der Waals surface area contributed by atoms with Crippen LogP contribution < -0.4 is 5.32 Å². The summed E-state index contributed by atoms with van der Waals surface area (Å²) in [5.74, 6) is 0.717. The van der Waals surface area contributed by atoms with Crippen LogP contribution in [0.1, 0.15) is 51.5 Å². The molecule has 2 amide bonds. The molecule has 0 saturated carbocycles. The van der Waals surface area contributed by atoms with Crippen LogP contribution in [0.2, 0.25) is 0 Å². The number of hydrogen-bond acceptors (Lipinski definition) is 2. The summed E-state index contributed by atoms with van der Waals surface area (Å²) in [4.78, 5) is 26.1. The van der Waals surface area contributed by atoms with E-state index in [4.69, 9.17) is 0 Å². The van der Waals surface area contributed by atoms with E-state index >= 15 is 0 Å². The Kier molecular flexibility index (Phi) is 5.58. The average molecular weight is 302 g/mol. The highest BCUT2D eigenvalue weighted by molar-refractivity contribution is 6.03. The number of rotatable bonds is 4. The number of nitrogens with one attached hydrogen (secondary N) is 1. The van der Waals surface area contributed by atoms with Crippen molar-refractivity contribution in [3.8, 4) is 0 Å². The van der Waals surface area contributed by atoms with Crippen LogP contribution in [-0.2, 0) is 9.59 Å². The van der Waals surface area contributed by atoms with Crippen molar-refractivity contribution in [1.82, 2.24) is 4.90 Å². The van der Waals surface area contributed by atoms with Crippen molar-refractivity contribution in [2.24, 2.45) is 5.92 Å². The van der Waals surface area contributed by atoms with Gasteiger partial charge in [-0.15, -0.1) is 0 Å². The summed E-state index contributed by atoms with van der Waals surface area (Å²) in [6, 6.07) is 7.76. The quantitative estimate of drug-likeness (QED) is 0.867. The molecule has 0 aromatic heterocycles. The van der Waals surface area contributed by atoms with E-state index in [2.05, 4.69) is 26.1 Å². The highest BCUT2D eigenvalue weighted by Gasteiger charge is 2.22. The molecule has 22 heavy (non-hydrogen) atoms. The zero-order chi connectivity index (χ0) is 16.1. The fraction of sp³-hybridized carbons (Fsp3) is 0.556. The molecule has 4 nitrogen and oxygen atoms in total. The molecule has 120 valence electrons. The predicted octanol–water partition coefficient (Wildman–Crippen LogP) is 3.40. The SMILES string of the molecule is CC1CCN(C(=O)CC(=O)Nc2ccccc2C(C)C)CC1. The van der Waals surface area contributed by atoms with Crippen LogP contribution in [0, 0.1) is 5.92 Å². The van der Waals surface area contributed by atoms with Crippen molar-refractivity contribution in [2.45, 2.75) is 46.0 Å². The average Bonchev–Trinajstić information content (AvgIpc) is 2.48. The van der Waals surface area contributed by atoms with Crippen molar-refractivity contribution < 1.29 is 9.59 Å². The first-order chi connectivity index (χ1) is 10.5. The largest absolute Gasteiger partial charge is 0.342 e. The van der Waals surface area contributed by atoms with Gasteiger partial charge >= 0.3 is 0 Å². The first-order valence-corrected chi connectivity index (χ1v) is 8.14. The Morgan fingerprint density at radius 1 is 1.23 bits per heavy atom. The lowest BCUT2D eigenvalue weighted by atomic mass is 9.99. The molecule has 2 rings (SSSR count). The van der Waals surface area contributed by atoms with Gasteiger partial charge < -0.3 is 10.2 Å². The number of likely N-dealkylation sites (tertiary alicyclic amines) is 1. The minimum absolute atomic E-state index is 0.0635. The second-order valence-corrected chi connectivity index (χ2v) is 6.53. The Labute approximate surface area is 132 Å². The van der Waals surface area contributed by atoms with Gasteiger partial charge in [0, 0.05) is 18.8 Å². The highest BCUT2D eigenvalue weighted by atomic mass is 16.2. The van der Waals surface area contributed by atoms with Crippen LogP contribution in [0.3, 0.4) is 0 Å². The number of anilines is 1. The molecule has 1 aromatic carbocycles. The van der Waals surface area contributed by atoms with E-state index in [-0.39, 0.29) is 18.2 Å². The Hall–Kier alpha value is -1.84. The molecule has 1 fully saturated rings. The number of benzene rings is 1. The molecule has 1 saturated heterocycles. The lowest BCUT2D eigenvalue weighted by Crippen LogP contribution is -2.39. The van der Waals surface area contributed by atoms with E-state index < -0.39 is 0 Å². The van der Waals surface area contributed by atoms with Gasteiger partial charge in [0.15, 0.2) is 0 Å². The number of amides is 2. The fourth-order valence-corrected chi connectivity index (χ4v) is 2.82. The van der Waals surface area contributed by atoms with Gasteiger partial charge in [-0.2, -0.15) is 0 Å². The molecule has 1 aliphatic rings. The maximum Gasteiger partial charge on any atom is 0.233 e. The number of nitrogens with zero attached hydrogens (tertiary/aromatic N) is 1. The Balaban J connectivity index is 1.92. The van der Waals surface area contributed by atoms with Crippen molar-refractivity contribution in [3.05, 3.63) is 29.8 Å². The van der Waals surface area contributed by atoms with E-state index in [1.165, 1.54) is 0 Å². The van der Waals surface area contributed by atoms with Crippen LogP contribution in [0.4, 0.5) is 5.69 Å². The minimum Gasteiger partial charge on any atom is -0.342 e. The van der Waals surface area contributed by atoms with Crippen molar-refractivity contribution in [1.29, 1.82) is 0 Å². The number of carbonyl (C=O) groups is 2. The summed E-state index contributed by atoms with van der Waals surface area (Å²) in [6.07, 6.45) is 1.99. The third-order valence-corrected chi connectivity index (χ3v) is 4.31. The van der Waals surface area contributed by atoms with Crippen molar-refractivity contribution in [3.63, 3.8) is 0 Å². The van der Waals surface area contributed by atoms with E-state index in [1.807, 2.05) is 29.2 Å². The summed E-state index contributed by atoms with van der Waals surface area (Å²) in [6.45, 7) is 7.93. The zero-order valence-electron chi connectivity index (χ0n) is 13.8. The van der Waals surface area contributed by atoms with Gasteiger partial charge in [-0.3, -0.25) is 9.59 Å². The number of para-hydroxylation sites is 1. The zero-order valence-corrected chi connectivity index (χ0v) is 13.8. The van der Waals surface area contributed by atoms with Crippen LogP contribution in [0.5, 0.6) is 0 Å². The molecule has 0 aliphatic carbocycles. The van der Waals surface area contributed by atoms with E-state index in [0.29, 0.717) is 11.8 Å². The normalized spacial score (nSPS) is 15.9. The summed E-state index contributed by atoms with van der Waals surface area (Å²) in [7, 11) is 0. The van der Waals surface area contributed by atoms with Gasteiger partial charge in [0.2, 0.25) is 11.8 Å². The number of carbonyl (C=O) groups excluding carboxylic acids is 2. The summed E-state index contributed by atoms with van der Waals surface area (Å²) in [5.41, 5.74) is 1.90. The maximum atomic E-state index is 12.2. The second kappa shape index (κ2) is 7.43. The monoisotopic (exact) mass is 302 g/mol. The Bertz CT molecular complexity index is 532. The minimum atomic E-state index is -0.225. The molecule has 4 heteroatoms. The third kappa shape index (κ3) is 4.33. The molecule has 1 N–H and O–H groups in total. The van der Waals surface area contributed by atoms with Crippen LogP contribution in [0.15, 0.2) is 24.3 Å². The van der Waals surface area contributed by atoms with Gasteiger partial charge in [-0.1, -0.05) is 39.0 Å². The molecule has 0 atom stereocenters. The van der Waals surface area contributed by atoms with E-state index in [1.54, 1.807) is 0 Å². The number of hydrogen-bond donors (Lipinski definition) is 1. The molecule has 0 radical (unpaired) electrons. The summed E-state index contributed by atoms with van der Waals surface area (Å²) >= 11 is 0. The van der Waals surface area contributed by atoms with Crippen LogP contribution in [-0.4, -0.2) is 29.8 Å². The molecule has 0 unspecified atom stereocenters. The first kappa shape index (κ1) is 16.5. The molecule has 1 heterocycles. The molecular weight excluding hydrogens is 276 g/mol. The maximum absolute atomic E-state index is 12.2. The van der Waals surface area contributed by atoms with Crippen molar-refractivity contribution in [2.75, 3.05) is 18.4 Å². The highest BCUT2D eigenvalue weighted by Crippen LogP contribution is 2.24. The molecule has 1 aromatic rings. The summed E-state index contributed by atoms with van der Waals surface area (Å²) < 4.78 is 0. The van der Waals surface area contributed by atoms with E-state index in [9.17, 15) is 9.59 Å².